The van der Waals surface area contributed by atoms with Crippen molar-refractivity contribution in [2.75, 3.05) is 6.61 Å². The van der Waals surface area contributed by atoms with Gasteiger partial charge in [-0.2, -0.15) is 0 Å². The molecule has 0 heterocycles. The third-order valence-corrected chi connectivity index (χ3v) is 6.97. The van der Waals surface area contributed by atoms with Crippen LogP contribution in [0.2, 0.25) is 0 Å². The van der Waals surface area contributed by atoms with Gasteiger partial charge in [0.05, 0.1) is 13.0 Å². The molecule has 0 saturated heterocycles. The Morgan fingerprint density at radius 1 is 0.920 bits per heavy atom. The van der Waals surface area contributed by atoms with E-state index in [1.54, 1.807) is 0 Å². The zero-order valence-corrected chi connectivity index (χ0v) is 17.0. The average molecular weight is 351 g/mol. The topological polar surface area (TPSA) is 26.3 Å². The highest BCUT2D eigenvalue weighted by Crippen LogP contribution is 2.44. The summed E-state index contributed by atoms with van der Waals surface area (Å²) in [5, 5.41) is 0. The predicted molar refractivity (Wildman–Crippen MR) is 106 cm³/mol. The molecule has 2 nitrogen and oxygen atoms in total. The van der Waals surface area contributed by atoms with Crippen molar-refractivity contribution >= 4 is 5.97 Å². The van der Waals surface area contributed by atoms with Gasteiger partial charge in [0.15, 0.2) is 0 Å². The second-order valence-electron chi connectivity index (χ2n) is 8.96. The summed E-state index contributed by atoms with van der Waals surface area (Å²) in [6.45, 7) is 4.76. The molecule has 2 heteroatoms. The van der Waals surface area contributed by atoms with Crippen LogP contribution in [0.25, 0.3) is 0 Å². The lowest BCUT2D eigenvalue weighted by Gasteiger charge is -2.37. The minimum absolute atomic E-state index is 0.0404. The molecular weight excluding hydrogens is 308 g/mol. The molecule has 2 aliphatic rings. The SMILES string of the molecule is CCCC1CCC(CCCCC2(CC(=O)OCC)CCCCC2)CC1. The molecule has 0 atom stereocenters. The number of esters is 1. The van der Waals surface area contributed by atoms with Gasteiger partial charge in [0, 0.05) is 0 Å². The molecule has 25 heavy (non-hydrogen) atoms. The fourth-order valence-electron chi connectivity index (χ4n) is 5.49. The minimum Gasteiger partial charge on any atom is -0.466 e. The van der Waals surface area contributed by atoms with Gasteiger partial charge >= 0.3 is 5.97 Å². The number of hydrogen-bond acceptors (Lipinski definition) is 2. The van der Waals surface area contributed by atoms with Gasteiger partial charge in [-0.05, 0) is 43.4 Å². The van der Waals surface area contributed by atoms with Crippen molar-refractivity contribution in [2.24, 2.45) is 17.3 Å². The number of rotatable bonds is 10. The van der Waals surface area contributed by atoms with E-state index in [9.17, 15) is 4.79 Å². The molecular formula is C23H42O2. The predicted octanol–water partition coefficient (Wildman–Crippen LogP) is 7.06. The van der Waals surface area contributed by atoms with Gasteiger partial charge in [-0.15, -0.1) is 0 Å². The van der Waals surface area contributed by atoms with Gasteiger partial charge in [0.25, 0.3) is 0 Å². The van der Waals surface area contributed by atoms with Crippen LogP contribution in [0.1, 0.15) is 117 Å². The van der Waals surface area contributed by atoms with Crippen LogP contribution < -0.4 is 0 Å². The first kappa shape index (κ1) is 20.8. The second-order valence-corrected chi connectivity index (χ2v) is 8.96. The molecule has 0 aromatic rings. The van der Waals surface area contributed by atoms with Crippen molar-refractivity contribution in [1.82, 2.24) is 0 Å². The molecule has 0 aromatic heterocycles. The van der Waals surface area contributed by atoms with Crippen LogP contribution in [-0.2, 0) is 9.53 Å². The Hall–Kier alpha value is -0.530. The van der Waals surface area contributed by atoms with E-state index in [-0.39, 0.29) is 11.4 Å². The Bertz CT molecular complexity index is 362. The largest absolute Gasteiger partial charge is 0.466 e. The summed E-state index contributed by atoms with van der Waals surface area (Å²) in [5.41, 5.74) is 0.267. The maximum absolute atomic E-state index is 12.1. The Balaban J connectivity index is 1.67. The monoisotopic (exact) mass is 350 g/mol. The van der Waals surface area contributed by atoms with Crippen LogP contribution in [0.3, 0.4) is 0 Å². The molecule has 146 valence electrons. The first-order chi connectivity index (χ1) is 12.2. The van der Waals surface area contributed by atoms with Gasteiger partial charge < -0.3 is 4.74 Å². The summed E-state index contributed by atoms with van der Waals surface area (Å²) in [4.78, 5) is 12.1. The zero-order chi connectivity index (χ0) is 18.0. The molecule has 2 aliphatic carbocycles. The maximum Gasteiger partial charge on any atom is 0.306 e. The van der Waals surface area contributed by atoms with E-state index in [0.717, 1.165) is 11.8 Å². The van der Waals surface area contributed by atoms with E-state index in [1.165, 1.54) is 96.3 Å². The number of hydrogen-bond donors (Lipinski definition) is 0. The Labute approximate surface area is 156 Å². The highest BCUT2D eigenvalue weighted by atomic mass is 16.5. The average Bonchev–Trinajstić information content (AvgIpc) is 2.61. The third kappa shape index (κ3) is 7.31. The first-order valence-corrected chi connectivity index (χ1v) is 11.3. The van der Waals surface area contributed by atoms with Gasteiger partial charge in [0.1, 0.15) is 0 Å². The number of ether oxygens (including phenoxy) is 1. The Morgan fingerprint density at radius 2 is 1.56 bits per heavy atom. The molecule has 2 saturated carbocycles. The van der Waals surface area contributed by atoms with Crippen molar-refractivity contribution in [3.63, 3.8) is 0 Å². The molecule has 0 N–H and O–H groups in total. The number of carbonyl (C=O) groups is 1. The van der Waals surface area contributed by atoms with E-state index >= 15 is 0 Å². The lowest BCUT2D eigenvalue weighted by molar-refractivity contribution is -0.146. The summed E-state index contributed by atoms with van der Waals surface area (Å²) in [6, 6.07) is 0. The standard InChI is InChI=1S/C23H42O2/c1-3-10-20-12-14-21(15-13-20)11-6-9-18-23(16-7-5-8-17-23)19-22(24)25-4-2/h20-21H,3-19H2,1-2H3. The molecule has 0 bridgehead atoms. The molecule has 2 rings (SSSR count). The lowest BCUT2D eigenvalue weighted by Crippen LogP contribution is -2.28. The summed E-state index contributed by atoms with van der Waals surface area (Å²) in [6.07, 6.45) is 21.2. The van der Waals surface area contributed by atoms with Crippen molar-refractivity contribution in [3.8, 4) is 0 Å². The molecule has 0 unspecified atom stereocenters. The van der Waals surface area contributed by atoms with E-state index in [2.05, 4.69) is 6.92 Å². The van der Waals surface area contributed by atoms with Gasteiger partial charge in [0.2, 0.25) is 0 Å². The Kier molecular flexibility index (Phi) is 9.34. The third-order valence-electron chi connectivity index (χ3n) is 6.97. The lowest BCUT2D eigenvalue weighted by atomic mass is 9.68. The van der Waals surface area contributed by atoms with Gasteiger partial charge in [-0.3, -0.25) is 4.79 Å². The van der Waals surface area contributed by atoms with Crippen molar-refractivity contribution in [2.45, 2.75) is 117 Å². The highest BCUT2D eigenvalue weighted by Gasteiger charge is 2.34. The molecule has 0 radical (unpaired) electrons. The number of unbranched alkanes of at least 4 members (excludes halogenated alkanes) is 1. The molecule has 0 aliphatic heterocycles. The number of carbonyl (C=O) groups excluding carboxylic acids is 1. The molecule has 2 fully saturated rings. The second kappa shape index (κ2) is 11.2. The Morgan fingerprint density at radius 3 is 2.16 bits per heavy atom. The van der Waals surface area contributed by atoms with Crippen LogP contribution in [0, 0.1) is 17.3 Å². The van der Waals surface area contributed by atoms with Crippen molar-refractivity contribution in [1.29, 1.82) is 0 Å². The summed E-state index contributed by atoms with van der Waals surface area (Å²) in [7, 11) is 0. The van der Waals surface area contributed by atoms with E-state index in [1.807, 2.05) is 6.92 Å². The van der Waals surface area contributed by atoms with Gasteiger partial charge in [-0.1, -0.05) is 84.0 Å². The zero-order valence-electron chi connectivity index (χ0n) is 17.0. The highest BCUT2D eigenvalue weighted by molar-refractivity contribution is 5.70. The summed E-state index contributed by atoms with van der Waals surface area (Å²) < 4.78 is 5.26. The summed E-state index contributed by atoms with van der Waals surface area (Å²) in [5.74, 6) is 2.05. The van der Waals surface area contributed by atoms with E-state index < -0.39 is 0 Å². The fraction of sp³-hybridized carbons (Fsp3) is 0.957. The van der Waals surface area contributed by atoms with E-state index in [4.69, 9.17) is 4.74 Å². The molecule has 0 amide bonds. The van der Waals surface area contributed by atoms with Crippen molar-refractivity contribution in [3.05, 3.63) is 0 Å². The fourth-order valence-corrected chi connectivity index (χ4v) is 5.49. The smallest absolute Gasteiger partial charge is 0.306 e. The van der Waals surface area contributed by atoms with Crippen LogP contribution >= 0.6 is 0 Å². The normalized spacial score (nSPS) is 26.3. The van der Waals surface area contributed by atoms with E-state index in [0.29, 0.717) is 13.0 Å². The van der Waals surface area contributed by atoms with Crippen LogP contribution in [0.5, 0.6) is 0 Å². The first-order valence-electron chi connectivity index (χ1n) is 11.3. The minimum atomic E-state index is 0.0404. The van der Waals surface area contributed by atoms with Crippen LogP contribution in [0.4, 0.5) is 0 Å². The molecule has 0 aromatic carbocycles. The molecule has 0 spiro atoms. The van der Waals surface area contributed by atoms with Gasteiger partial charge in [-0.25, -0.2) is 0 Å². The maximum atomic E-state index is 12.1. The van der Waals surface area contributed by atoms with Crippen molar-refractivity contribution < 1.29 is 9.53 Å². The van der Waals surface area contributed by atoms with Crippen LogP contribution in [-0.4, -0.2) is 12.6 Å². The summed E-state index contributed by atoms with van der Waals surface area (Å²) >= 11 is 0. The van der Waals surface area contributed by atoms with Crippen LogP contribution in [0.15, 0.2) is 0 Å². The quantitative estimate of drug-likeness (QED) is 0.311.